The Labute approximate surface area is 163 Å². The van der Waals surface area contributed by atoms with E-state index in [2.05, 4.69) is 0 Å². The van der Waals surface area contributed by atoms with Gasteiger partial charge >= 0.3 is 5.97 Å². The Kier molecular flexibility index (Phi) is 4.85. The number of sulfonamides is 1. The molecule has 0 radical (unpaired) electrons. The smallest absolute Gasteiger partial charge is 0.334 e. The van der Waals surface area contributed by atoms with E-state index in [1.165, 1.54) is 15.4 Å². The molecule has 0 aromatic heterocycles. The van der Waals surface area contributed by atoms with Gasteiger partial charge in [0.2, 0.25) is 10.0 Å². The van der Waals surface area contributed by atoms with Crippen LogP contribution in [-0.4, -0.2) is 25.4 Å². The number of anilines is 1. The van der Waals surface area contributed by atoms with E-state index in [4.69, 9.17) is 4.84 Å². The molecule has 0 N–H and O–H groups in total. The summed E-state index contributed by atoms with van der Waals surface area (Å²) in [6, 6.07) is 24.4. The standard InChI is InChI=1S/C21H18N2O4S/c24-21(18-11-5-2-6-12-18)27-23-16-22(15-17-9-3-1-4-10-17)28(25,26)20-14-8-7-13-19(20)23/h1-14H,15-16H2. The lowest BCUT2D eigenvalue weighted by molar-refractivity contribution is 0.0402. The maximum atomic E-state index is 13.1. The van der Waals surface area contributed by atoms with Crippen LogP contribution in [0.1, 0.15) is 15.9 Å². The minimum Gasteiger partial charge on any atom is -0.334 e. The molecule has 0 saturated carbocycles. The van der Waals surface area contributed by atoms with Gasteiger partial charge in [0.1, 0.15) is 11.6 Å². The Morgan fingerprint density at radius 1 is 0.857 bits per heavy atom. The van der Waals surface area contributed by atoms with Crippen LogP contribution >= 0.6 is 0 Å². The Hall–Kier alpha value is -3.16. The van der Waals surface area contributed by atoms with Crippen molar-refractivity contribution in [3.8, 4) is 0 Å². The zero-order valence-electron chi connectivity index (χ0n) is 14.9. The van der Waals surface area contributed by atoms with E-state index in [0.717, 1.165) is 5.56 Å². The molecule has 0 atom stereocenters. The molecule has 7 heteroatoms. The number of fused-ring (bicyclic) bond motifs is 1. The van der Waals surface area contributed by atoms with E-state index in [0.29, 0.717) is 11.3 Å². The van der Waals surface area contributed by atoms with E-state index in [1.54, 1.807) is 48.5 Å². The first-order valence-electron chi connectivity index (χ1n) is 8.74. The van der Waals surface area contributed by atoms with E-state index in [9.17, 15) is 13.2 Å². The fraction of sp³-hybridized carbons (Fsp3) is 0.0952. The molecule has 0 amide bonds. The molecule has 6 nitrogen and oxygen atoms in total. The molecule has 0 spiro atoms. The van der Waals surface area contributed by atoms with Crippen LogP contribution in [0.2, 0.25) is 0 Å². The molecule has 28 heavy (non-hydrogen) atoms. The van der Waals surface area contributed by atoms with E-state index < -0.39 is 16.0 Å². The van der Waals surface area contributed by atoms with Gasteiger partial charge in [-0.3, -0.25) is 0 Å². The number of rotatable bonds is 4. The third-order valence-corrected chi connectivity index (χ3v) is 6.27. The van der Waals surface area contributed by atoms with Gasteiger partial charge in [-0.2, -0.15) is 9.37 Å². The van der Waals surface area contributed by atoms with E-state index in [-0.39, 0.29) is 18.1 Å². The van der Waals surface area contributed by atoms with Crippen molar-refractivity contribution in [3.05, 3.63) is 96.1 Å². The number of benzene rings is 3. The number of nitrogens with zero attached hydrogens (tertiary/aromatic N) is 2. The summed E-state index contributed by atoms with van der Waals surface area (Å²) < 4.78 is 27.4. The van der Waals surface area contributed by atoms with Gasteiger partial charge < -0.3 is 4.84 Å². The largest absolute Gasteiger partial charge is 0.363 e. The molecule has 142 valence electrons. The minimum absolute atomic E-state index is 0.0905. The zero-order valence-corrected chi connectivity index (χ0v) is 15.7. The van der Waals surface area contributed by atoms with Crippen LogP contribution in [0.25, 0.3) is 0 Å². The molecule has 0 saturated heterocycles. The van der Waals surface area contributed by atoms with Crippen LogP contribution in [0.5, 0.6) is 0 Å². The molecule has 0 unspecified atom stereocenters. The van der Waals surface area contributed by atoms with Gasteiger partial charge in [0, 0.05) is 6.54 Å². The van der Waals surface area contributed by atoms with Gasteiger partial charge in [-0.15, -0.1) is 0 Å². The van der Waals surface area contributed by atoms with Gasteiger partial charge in [0.05, 0.1) is 11.3 Å². The molecule has 0 aliphatic carbocycles. The lowest BCUT2D eigenvalue weighted by atomic mass is 10.2. The molecule has 1 aliphatic heterocycles. The summed E-state index contributed by atoms with van der Waals surface area (Å²) in [5.74, 6) is -0.547. The predicted molar refractivity (Wildman–Crippen MR) is 105 cm³/mol. The summed E-state index contributed by atoms with van der Waals surface area (Å²) >= 11 is 0. The number of hydrogen-bond acceptors (Lipinski definition) is 5. The van der Waals surface area contributed by atoms with Crippen molar-refractivity contribution in [3.63, 3.8) is 0 Å². The Bertz CT molecular complexity index is 1090. The summed E-state index contributed by atoms with van der Waals surface area (Å²) in [6.07, 6.45) is 0. The third kappa shape index (κ3) is 3.49. The second-order valence-corrected chi connectivity index (χ2v) is 8.24. The lowest BCUT2D eigenvalue weighted by Gasteiger charge is -2.35. The summed E-state index contributed by atoms with van der Waals surface area (Å²) in [6.45, 7) is 0.0870. The Morgan fingerprint density at radius 2 is 1.46 bits per heavy atom. The van der Waals surface area contributed by atoms with Crippen molar-refractivity contribution >= 4 is 21.7 Å². The van der Waals surface area contributed by atoms with Gasteiger partial charge in [-0.05, 0) is 29.8 Å². The molecule has 0 bridgehead atoms. The van der Waals surface area contributed by atoms with Crippen molar-refractivity contribution in [1.29, 1.82) is 0 Å². The highest BCUT2D eigenvalue weighted by Gasteiger charge is 2.37. The first kappa shape index (κ1) is 18.2. The highest BCUT2D eigenvalue weighted by Crippen LogP contribution is 2.34. The average Bonchev–Trinajstić information content (AvgIpc) is 2.73. The second kappa shape index (κ2) is 7.46. The maximum Gasteiger partial charge on any atom is 0.363 e. The van der Waals surface area contributed by atoms with Crippen LogP contribution in [0.3, 0.4) is 0 Å². The summed E-state index contributed by atoms with van der Waals surface area (Å²) in [5, 5.41) is 1.33. The van der Waals surface area contributed by atoms with Crippen LogP contribution in [0.15, 0.2) is 89.8 Å². The van der Waals surface area contributed by atoms with Gasteiger partial charge in [0.15, 0.2) is 0 Å². The van der Waals surface area contributed by atoms with Crippen LogP contribution in [-0.2, 0) is 21.4 Å². The van der Waals surface area contributed by atoms with Crippen molar-refractivity contribution in [2.45, 2.75) is 11.4 Å². The molecule has 3 aromatic carbocycles. The molecular weight excluding hydrogens is 376 g/mol. The molecule has 1 aliphatic rings. The highest BCUT2D eigenvalue weighted by molar-refractivity contribution is 7.89. The molecule has 4 rings (SSSR count). The van der Waals surface area contributed by atoms with Gasteiger partial charge in [0.25, 0.3) is 0 Å². The molecule has 3 aromatic rings. The first-order chi connectivity index (χ1) is 13.6. The van der Waals surface area contributed by atoms with Gasteiger partial charge in [-0.25, -0.2) is 13.2 Å². The summed E-state index contributed by atoms with van der Waals surface area (Å²) in [7, 11) is -3.71. The zero-order chi connectivity index (χ0) is 19.6. The number of hydrogen-bond donors (Lipinski definition) is 0. The molecule has 1 heterocycles. The monoisotopic (exact) mass is 394 g/mol. The summed E-state index contributed by atoms with van der Waals surface area (Å²) in [4.78, 5) is 18.2. The molecular formula is C21H18N2O4S. The lowest BCUT2D eigenvalue weighted by Crippen LogP contribution is -2.46. The van der Waals surface area contributed by atoms with Crippen molar-refractivity contribution in [2.24, 2.45) is 0 Å². The second-order valence-electron chi connectivity index (χ2n) is 6.33. The number of para-hydroxylation sites is 1. The quantitative estimate of drug-likeness (QED) is 0.678. The fourth-order valence-corrected chi connectivity index (χ4v) is 4.58. The van der Waals surface area contributed by atoms with Crippen molar-refractivity contribution < 1.29 is 18.0 Å². The van der Waals surface area contributed by atoms with Crippen LogP contribution in [0.4, 0.5) is 5.69 Å². The average molecular weight is 394 g/mol. The highest BCUT2D eigenvalue weighted by atomic mass is 32.2. The summed E-state index contributed by atoms with van der Waals surface area (Å²) in [5.41, 5.74) is 1.58. The Morgan fingerprint density at radius 3 is 2.18 bits per heavy atom. The van der Waals surface area contributed by atoms with E-state index >= 15 is 0 Å². The van der Waals surface area contributed by atoms with Crippen molar-refractivity contribution in [2.75, 3.05) is 11.7 Å². The van der Waals surface area contributed by atoms with Gasteiger partial charge in [-0.1, -0.05) is 60.7 Å². The number of carbonyl (C=O) groups excluding carboxylic acids is 1. The van der Waals surface area contributed by atoms with Crippen molar-refractivity contribution in [1.82, 2.24) is 4.31 Å². The number of carbonyl (C=O) groups is 1. The topological polar surface area (TPSA) is 66.9 Å². The normalized spacial score (nSPS) is 15.6. The fourth-order valence-electron chi connectivity index (χ4n) is 3.04. The SMILES string of the molecule is O=C(ON1CN(Cc2ccccc2)S(=O)(=O)c2ccccc21)c1ccccc1. The minimum atomic E-state index is -3.71. The molecule has 0 fully saturated rings. The third-order valence-electron chi connectivity index (χ3n) is 4.44. The predicted octanol–water partition coefficient (Wildman–Crippen LogP) is 3.43. The maximum absolute atomic E-state index is 13.1. The van der Waals surface area contributed by atoms with E-state index in [1.807, 2.05) is 30.3 Å². The Balaban J connectivity index is 1.67. The first-order valence-corrected chi connectivity index (χ1v) is 10.2. The van der Waals surface area contributed by atoms with Crippen LogP contribution in [0, 0.1) is 0 Å². The van der Waals surface area contributed by atoms with Crippen LogP contribution < -0.4 is 5.06 Å². The number of hydroxylamine groups is 1.